The molecule has 130 valence electrons. The first-order valence-electron chi connectivity index (χ1n) is 8.46. The van der Waals surface area contributed by atoms with Crippen LogP contribution in [0.4, 0.5) is 0 Å². The van der Waals surface area contributed by atoms with Crippen molar-refractivity contribution in [2.75, 3.05) is 0 Å². The summed E-state index contributed by atoms with van der Waals surface area (Å²) in [6.45, 7) is 1.99. The Morgan fingerprint density at radius 3 is 2.52 bits per heavy atom. The summed E-state index contributed by atoms with van der Waals surface area (Å²) in [6.07, 6.45) is 1.69. The molecule has 4 heterocycles. The maximum atomic E-state index is 5.38. The summed E-state index contributed by atoms with van der Waals surface area (Å²) in [5, 5.41) is 8.56. The number of hydrogen-bond donors (Lipinski definition) is 0. The Labute approximate surface area is 154 Å². The van der Waals surface area contributed by atoms with E-state index in [0.717, 1.165) is 22.6 Å². The van der Waals surface area contributed by atoms with Gasteiger partial charge in [-0.25, -0.2) is 9.50 Å². The minimum atomic E-state index is 0.335. The van der Waals surface area contributed by atoms with Crippen molar-refractivity contribution in [3.8, 4) is 34.4 Å². The van der Waals surface area contributed by atoms with Gasteiger partial charge in [-0.2, -0.15) is 10.1 Å². The summed E-state index contributed by atoms with van der Waals surface area (Å²) in [6, 6.07) is 19.4. The first-order valence-corrected chi connectivity index (χ1v) is 8.46. The van der Waals surface area contributed by atoms with Crippen molar-refractivity contribution in [1.82, 2.24) is 29.7 Å². The highest BCUT2D eigenvalue weighted by Crippen LogP contribution is 2.24. The average molecular weight is 354 g/mol. The Balaban J connectivity index is 1.57. The minimum Gasteiger partial charge on any atom is -0.332 e. The molecule has 0 atom stereocenters. The van der Waals surface area contributed by atoms with E-state index in [2.05, 4.69) is 20.2 Å². The summed E-state index contributed by atoms with van der Waals surface area (Å²) in [7, 11) is 0. The molecule has 5 rings (SSSR count). The molecule has 0 unspecified atom stereocenters. The third kappa shape index (κ3) is 2.75. The van der Waals surface area contributed by atoms with E-state index in [-0.39, 0.29) is 0 Å². The van der Waals surface area contributed by atoms with Crippen molar-refractivity contribution in [3.63, 3.8) is 0 Å². The largest absolute Gasteiger partial charge is 0.332 e. The van der Waals surface area contributed by atoms with Crippen LogP contribution in [0.2, 0.25) is 0 Å². The Kier molecular flexibility index (Phi) is 3.50. The fourth-order valence-electron chi connectivity index (χ4n) is 2.91. The van der Waals surface area contributed by atoms with Crippen LogP contribution in [0.15, 0.2) is 71.4 Å². The van der Waals surface area contributed by atoms with Gasteiger partial charge in [0, 0.05) is 23.5 Å². The van der Waals surface area contributed by atoms with Crippen LogP contribution in [0.1, 0.15) is 5.69 Å². The second-order valence-corrected chi connectivity index (χ2v) is 6.09. The van der Waals surface area contributed by atoms with Crippen molar-refractivity contribution < 1.29 is 4.52 Å². The second kappa shape index (κ2) is 6.14. The molecule has 0 fully saturated rings. The molecule has 27 heavy (non-hydrogen) atoms. The van der Waals surface area contributed by atoms with E-state index in [1.165, 1.54) is 0 Å². The topological polar surface area (TPSA) is 82.0 Å². The Bertz CT molecular complexity index is 1230. The van der Waals surface area contributed by atoms with E-state index in [1.807, 2.05) is 67.6 Å². The maximum Gasteiger partial charge on any atom is 0.278 e. The zero-order valence-electron chi connectivity index (χ0n) is 14.4. The summed E-state index contributed by atoms with van der Waals surface area (Å²) in [5.74, 6) is 0.763. The van der Waals surface area contributed by atoms with Crippen LogP contribution < -0.4 is 0 Å². The van der Waals surface area contributed by atoms with Crippen LogP contribution >= 0.6 is 0 Å². The third-order valence-corrected chi connectivity index (χ3v) is 4.21. The van der Waals surface area contributed by atoms with Crippen LogP contribution in [0.3, 0.4) is 0 Å². The molecule has 0 saturated carbocycles. The van der Waals surface area contributed by atoms with E-state index in [1.54, 1.807) is 10.7 Å². The lowest BCUT2D eigenvalue weighted by Crippen LogP contribution is -1.97. The predicted molar refractivity (Wildman–Crippen MR) is 99.7 cm³/mol. The number of hydrogen-bond acceptors (Lipinski definition) is 6. The van der Waals surface area contributed by atoms with Gasteiger partial charge in [0.2, 0.25) is 5.82 Å². The van der Waals surface area contributed by atoms with Gasteiger partial charge in [-0.1, -0.05) is 41.6 Å². The fourth-order valence-corrected chi connectivity index (χ4v) is 2.91. The molecule has 0 amide bonds. The van der Waals surface area contributed by atoms with Gasteiger partial charge in [-0.15, -0.1) is 0 Å². The number of benzene rings is 1. The smallest absolute Gasteiger partial charge is 0.278 e. The van der Waals surface area contributed by atoms with Crippen molar-refractivity contribution in [2.45, 2.75) is 6.92 Å². The zero-order valence-corrected chi connectivity index (χ0v) is 14.4. The van der Waals surface area contributed by atoms with E-state index in [4.69, 9.17) is 9.51 Å². The monoisotopic (exact) mass is 354 g/mol. The van der Waals surface area contributed by atoms with Crippen LogP contribution in [0.5, 0.6) is 0 Å². The standard InChI is InChI=1S/C20H14N6O/c1-13-11-16(14-7-3-2-4-8-14)22-18-12-17(24-26(13)18)20-23-19(25-27-20)15-9-5-6-10-21-15/h2-12H,1H3. The molecule has 4 aromatic heterocycles. The summed E-state index contributed by atoms with van der Waals surface area (Å²) < 4.78 is 7.15. The highest BCUT2D eigenvalue weighted by atomic mass is 16.5. The molecule has 0 aliphatic heterocycles. The van der Waals surface area contributed by atoms with Crippen molar-refractivity contribution in [3.05, 3.63) is 72.6 Å². The number of nitrogens with zero attached hydrogens (tertiary/aromatic N) is 6. The van der Waals surface area contributed by atoms with Gasteiger partial charge in [0.25, 0.3) is 5.89 Å². The third-order valence-electron chi connectivity index (χ3n) is 4.21. The summed E-state index contributed by atoms with van der Waals surface area (Å²) in [5.41, 5.74) is 4.87. The Hall–Kier alpha value is -3.87. The van der Waals surface area contributed by atoms with Gasteiger partial charge in [0.05, 0.1) is 5.69 Å². The number of fused-ring (bicyclic) bond motifs is 1. The number of rotatable bonds is 3. The normalized spacial score (nSPS) is 11.1. The van der Waals surface area contributed by atoms with E-state index in [9.17, 15) is 0 Å². The first-order chi connectivity index (χ1) is 13.3. The van der Waals surface area contributed by atoms with Gasteiger partial charge in [-0.3, -0.25) is 4.98 Å². The molecular formula is C20H14N6O. The van der Waals surface area contributed by atoms with Gasteiger partial charge < -0.3 is 4.52 Å². The summed E-state index contributed by atoms with van der Waals surface area (Å²) >= 11 is 0. The van der Waals surface area contributed by atoms with Crippen molar-refractivity contribution in [2.24, 2.45) is 0 Å². The molecule has 0 aliphatic rings. The SMILES string of the molecule is Cc1cc(-c2ccccc2)nc2cc(-c3nc(-c4ccccn4)no3)nn12. The van der Waals surface area contributed by atoms with Gasteiger partial charge in [0.15, 0.2) is 11.3 Å². The van der Waals surface area contributed by atoms with Gasteiger partial charge in [0.1, 0.15) is 5.69 Å². The summed E-state index contributed by atoms with van der Waals surface area (Å²) in [4.78, 5) is 13.4. The fraction of sp³-hybridized carbons (Fsp3) is 0.0500. The lowest BCUT2D eigenvalue weighted by Gasteiger charge is -2.04. The number of pyridine rings is 1. The van der Waals surface area contributed by atoms with Gasteiger partial charge in [-0.05, 0) is 25.1 Å². The van der Waals surface area contributed by atoms with E-state index < -0.39 is 0 Å². The van der Waals surface area contributed by atoms with E-state index in [0.29, 0.717) is 23.1 Å². The quantitative estimate of drug-likeness (QED) is 0.490. The van der Waals surface area contributed by atoms with Crippen molar-refractivity contribution >= 4 is 5.65 Å². The molecule has 7 nitrogen and oxygen atoms in total. The highest BCUT2D eigenvalue weighted by molar-refractivity contribution is 5.65. The van der Waals surface area contributed by atoms with Crippen LogP contribution in [0.25, 0.3) is 40.0 Å². The molecule has 5 aromatic rings. The predicted octanol–water partition coefficient (Wildman–Crippen LogP) is 3.82. The van der Waals surface area contributed by atoms with Crippen molar-refractivity contribution in [1.29, 1.82) is 0 Å². The second-order valence-electron chi connectivity index (χ2n) is 6.09. The average Bonchev–Trinajstić information content (AvgIpc) is 3.37. The Morgan fingerprint density at radius 1 is 0.852 bits per heavy atom. The molecule has 0 spiro atoms. The maximum absolute atomic E-state index is 5.38. The first kappa shape index (κ1) is 15.4. The van der Waals surface area contributed by atoms with Crippen LogP contribution in [-0.4, -0.2) is 29.7 Å². The molecule has 0 N–H and O–H groups in total. The molecule has 0 aliphatic carbocycles. The lowest BCUT2D eigenvalue weighted by atomic mass is 10.1. The Morgan fingerprint density at radius 2 is 1.70 bits per heavy atom. The lowest BCUT2D eigenvalue weighted by molar-refractivity contribution is 0.430. The molecule has 0 bridgehead atoms. The van der Waals surface area contributed by atoms with Crippen LogP contribution in [-0.2, 0) is 0 Å². The molecule has 7 heteroatoms. The van der Waals surface area contributed by atoms with Crippen LogP contribution in [0, 0.1) is 6.92 Å². The van der Waals surface area contributed by atoms with Gasteiger partial charge >= 0.3 is 0 Å². The molecule has 0 radical (unpaired) electrons. The van der Waals surface area contributed by atoms with E-state index >= 15 is 0 Å². The highest BCUT2D eigenvalue weighted by Gasteiger charge is 2.16. The molecule has 1 aromatic carbocycles. The molecular weight excluding hydrogens is 340 g/mol. The molecule has 0 saturated heterocycles. The number of aromatic nitrogens is 6. The minimum absolute atomic E-state index is 0.335. The number of aryl methyl sites for hydroxylation is 1. The zero-order chi connectivity index (χ0) is 18.2.